The summed E-state index contributed by atoms with van der Waals surface area (Å²) in [6, 6.07) is 13.2. The molecule has 0 aliphatic rings. The van der Waals surface area contributed by atoms with E-state index in [4.69, 9.17) is 11.5 Å². The summed E-state index contributed by atoms with van der Waals surface area (Å²) < 4.78 is 1.53. The van der Waals surface area contributed by atoms with E-state index in [1.807, 2.05) is 42.5 Å². The summed E-state index contributed by atoms with van der Waals surface area (Å²) in [5.74, 6) is 0.0263. The van der Waals surface area contributed by atoms with Gasteiger partial charge in [0.05, 0.1) is 5.52 Å². The first-order chi connectivity index (χ1) is 14.0. The molecule has 10 nitrogen and oxygen atoms in total. The Bertz CT molecular complexity index is 1190. The lowest BCUT2D eigenvalue weighted by Crippen LogP contribution is -2.27. The van der Waals surface area contributed by atoms with Crippen molar-refractivity contribution in [3.63, 3.8) is 0 Å². The minimum atomic E-state index is -1.22. The number of nitrogen functional groups attached to an aromatic ring is 2. The van der Waals surface area contributed by atoms with Crippen molar-refractivity contribution in [2.24, 2.45) is 0 Å². The van der Waals surface area contributed by atoms with Gasteiger partial charge in [0.2, 0.25) is 0 Å². The van der Waals surface area contributed by atoms with Gasteiger partial charge in [-0.1, -0.05) is 24.3 Å². The Balaban J connectivity index is 1.84. The van der Waals surface area contributed by atoms with E-state index < -0.39 is 6.09 Å². The lowest BCUT2D eigenvalue weighted by atomic mass is 10.2. The zero-order valence-electron chi connectivity index (χ0n) is 15.2. The van der Waals surface area contributed by atoms with Crippen molar-refractivity contribution >= 4 is 46.1 Å². The monoisotopic (exact) mass is 408 g/mol. The highest BCUT2D eigenvalue weighted by molar-refractivity contribution is 7.99. The van der Waals surface area contributed by atoms with Gasteiger partial charge in [-0.05, 0) is 30.0 Å². The van der Waals surface area contributed by atoms with E-state index in [1.54, 1.807) is 6.20 Å². The molecule has 0 spiro atoms. The fraction of sp³-hybridized carbons (Fsp3) is 0.0556. The molecule has 0 radical (unpaired) electrons. The molecule has 0 unspecified atom stereocenters. The van der Waals surface area contributed by atoms with E-state index in [2.05, 4.69) is 20.1 Å². The van der Waals surface area contributed by atoms with Crippen molar-refractivity contribution < 1.29 is 9.90 Å². The van der Waals surface area contributed by atoms with E-state index in [0.717, 1.165) is 20.8 Å². The minimum Gasteiger partial charge on any atom is -0.465 e. The second-order valence-electron chi connectivity index (χ2n) is 5.99. The number of pyridine rings is 1. The molecule has 0 aliphatic heterocycles. The molecule has 3 aromatic heterocycles. The fourth-order valence-corrected chi connectivity index (χ4v) is 3.65. The number of benzene rings is 1. The molecule has 5 N–H and O–H groups in total. The van der Waals surface area contributed by atoms with Crippen molar-refractivity contribution in [3.05, 3.63) is 48.7 Å². The number of rotatable bonds is 4. The van der Waals surface area contributed by atoms with Crippen LogP contribution in [-0.2, 0) is 0 Å². The Morgan fingerprint density at radius 2 is 1.79 bits per heavy atom. The van der Waals surface area contributed by atoms with Gasteiger partial charge in [0.15, 0.2) is 11.6 Å². The van der Waals surface area contributed by atoms with Crippen molar-refractivity contribution in [2.45, 2.75) is 10.1 Å². The van der Waals surface area contributed by atoms with E-state index in [0.29, 0.717) is 5.03 Å². The molecule has 0 aliphatic carbocycles. The van der Waals surface area contributed by atoms with Crippen molar-refractivity contribution in [3.8, 4) is 5.95 Å². The van der Waals surface area contributed by atoms with E-state index in [9.17, 15) is 9.90 Å². The van der Waals surface area contributed by atoms with Gasteiger partial charge in [-0.15, -0.1) is 0 Å². The van der Waals surface area contributed by atoms with Crippen LogP contribution < -0.4 is 16.4 Å². The van der Waals surface area contributed by atoms with E-state index in [-0.39, 0.29) is 23.3 Å². The normalized spacial score (nSPS) is 10.9. The molecule has 11 heteroatoms. The molecular formula is C18H16N8O2S. The number of hydrogen-bond acceptors (Lipinski definition) is 8. The van der Waals surface area contributed by atoms with Crippen LogP contribution in [0.3, 0.4) is 0 Å². The molecule has 4 aromatic rings. The molecule has 0 atom stereocenters. The fourth-order valence-electron chi connectivity index (χ4n) is 2.78. The summed E-state index contributed by atoms with van der Waals surface area (Å²) in [7, 11) is 1.32. The van der Waals surface area contributed by atoms with Gasteiger partial charge in [0.1, 0.15) is 15.7 Å². The van der Waals surface area contributed by atoms with Crippen LogP contribution in [0.1, 0.15) is 0 Å². The summed E-state index contributed by atoms with van der Waals surface area (Å²) in [5.41, 5.74) is 12.7. The third-order valence-corrected chi connectivity index (χ3v) is 5.08. The average molecular weight is 408 g/mol. The molecule has 1 aromatic carbocycles. The van der Waals surface area contributed by atoms with Crippen LogP contribution in [0.2, 0.25) is 0 Å². The Labute approximate surface area is 169 Å². The first-order valence-electron chi connectivity index (χ1n) is 8.42. The summed E-state index contributed by atoms with van der Waals surface area (Å²) in [6.07, 6.45) is 0.488. The molecular weight excluding hydrogens is 392 g/mol. The molecule has 146 valence electrons. The van der Waals surface area contributed by atoms with Crippen molar-refractivity contribution in [1.29, 1.82) is 0 Å². The smallest absolute Gasteiger partial charge is 0.411 e. The number of carboxylic acid groups (broad SMARTS) is 1. The lowest BCUT2D eigenvalue weighted by Gasteiger charge is -2.17. The minimum absolute atomic E-state index is 0.0285. The number of nitrogens with zero attached hydrogens (tertiary/aromatic N) is 6. The predicted molar refractivity (Wildman–Crippen MR) is 110 cm³/mol. The topological polar surface area (TPSA) is 149 Å². The number of para-hydroxylation sites is 1. The number of fused-ring (bicyclic) bond motifs is 1. The number of nitrogens with two attached hydrogens (primary N) is 2. The van der Waals surface area contributed by atoms with Gasteiger partial charge in [-0.2, -0.15) is 19.7 Å². The molecule has 4 rings (SSSR count). The summed E-state index contributed by atoms with van der Waals surface area (Å²) in [4.78, 5) is 24.9. The zero-order chi connectivity index (χ0) is 20.5. The first-order valence-corrected chi connectivity index (χ1v) is 9.24. The summed E-state index contributed by atoms with van der Waals surface area (Å²) in [5, 5.41) is 16.2. The van der Waals surface area contributed by atoms with Gasteiger partial charge < -0.3 is 16.6 Å². The Morgan fingerprint density at radius 1 is 1.10 bits per heavy atom. The molecule has 1 amide bonds. The summed E-state index contributed by atoms with van der Waals surface area (Å²) >= 11 is 1.41. The zero-order valence-corrected chi connectivity index (χ0v) is 16.0. The van der Waals surface area contributed by atoms with Crippen LogP contribution in [0.4, 0.5) is 22.1 Å². The van der Waals surface area contributed by atoms with Gasteiger partial charge in [-0.25, -0.2) is 9.78 Å². The number of amides is 1. The van der Waals surface area contributed by atoms with Crippen LogP contribution in [0, 0.1) is 0 Å². The Kier molecular flexibility index (Phi) is 4.64. The third-order valence-electron chi connectivity index (χ3n) is 4.13. The number of carbonyl (C=O) groups is 1. The maximum absolute atomic E-state index is 11.2. The molecule has 0 fully saturated rings. The molecule has 0 saturated carbocycles. The number of anilines is 3. The predicted octanol–water partition coefficient (Wildman–Crippen LogP) is 2.64. The maximum Gasteiger partial charge on any atom is 0.411 e. The molecule has 0 bridgehead atoms. The van der Waals surface area contributed by atoms with Gasteiger partial charge >= 0.3 is 6.09 Å². The van der Waals surface area contributed by atoms with Gasteiger partial charge in [0, 0.05) is 18.6 Å². The number of hydrogen-bond donors (Lipinski definition) is 3. The van der Waals surface area contributed by atoms with Gasteiger partial charge in [-0.3, -0.25) is 4.90 Å². The highest BCUT2D eigenvalue weighted by atomic mass is 32.2. The SMILES string of the molecule is CN(C(=O)O)c1c(N)nc(-n2nc(Sc3ccccn3)c3ccccc32)nc1N. The summed E-state index contributed by atoms with van der Waals surface area (Å²) in [6.45, 7) is 0. The number of aromatic nitrogens is 5. The second-order valence-corrected chi connectivity index (χ2v) is 7.00. The molecule has 3 heterocycles. The average Bonchev–Trinajstić information content (AvgIpc) is 3.06. The van der Waals surface area contributed by atoms with Crippen LogP contribution in [0.15, 0.2) is 58.7 Å². The quantitative estimate of drug-likeness (QED) is 0.463. The highest BCUT2D eigenvalue weighted by Gasteiger charge is 2.21. The Morgan fingerprint density at radius 3 is 2.45 bits per heavy atom. The van der Waals surface area contributed by atoms with Crippen LogP contribution in [0.5, 0.6) is 0 Å². The van der Waals surface area contributed by atoms with E-state index in [1.165, 1.54) is 23.5 Å². The third kappa shape index (κ3) is 3.38. The second kappa shape index (κ2) is 7.28. The highest BCUT2D eigenvalue weighted by Crippen LogP contribution is 2.33. The van der Waals surface area contributed by atoms with Crippen LogP contribution in [0.25, 0.3) is 16.9 Å². The van der Waals surface area contributed by atoms with Crippen molar-refractivity contribution in [2.75, 3.05) is 23.4 Å². The van der Waals surface area contributed by atoms with E-state index >= 15 is 0 Å². The van der Waals surface area contributed by atoms with Gasteiger partial charge in [0.25, 0.3) is 5.95 Å². The van der Waals surface area contributed by atoms with Crippen LogP contribution in [-0.4, -0.2) is 43.0 Å². The Hall–Kier alpha value is -3.86. The lowest BCUT2D eigenvalue weighted by molar-refractivity contribution is 0.203. The van der Waals surface area contributed by atoms with Crippen LogP contribution >= 0.6 is 11.8 Å². The largest absolute Gasteiger partial charge is 0.465 e. The molecule has 0 saturated heterocycles. The molecule has 29 heavy (non-hydrogen) atoms. The first kappa shape index (κ1) is 18.5. The maximum atomic E-state index is 11.2. The standard InChI is InChI=1S/C18H16N8O2S/c1-25(18(27)28)13-14(19)22-17(23-15(13)20)26-11-7-3-2-6-10(11)16(24-26)29-12-8-4-5-9-21-12/h2-9H,1H3,(H,27,28)(H4,19,20,22,23). The van der Waals surface area contributed by atoms with Crippen molar-refractivity contribution in [1.82, 2.24) is 24.7 Å².